The van der Waals surface area contributed by atoms with Crippen LogP contribution in [0.2, 0.25) is 0 Å². The van der Waals surface area contributed by atoms with Gasteiger partial charge >= 0.3 is 0 Å². The Balaban J connectivity index is 2.12. The number of amides is 2. The zero-order chi connectivity index (χ0) is 22.1. The molecule has 2 unspecified atom stereocenters. The van der Waals surface area contributed by atoms with Crippen molar-refractivity contribution in [1.29, 1.82) is 0 Å². The smallest absolute Gasteiger partial charge is 0.252 e. The molecule has 166 valence electrons. The zero-order valence-electron chi connectivity index (χ0n) is 18.4. The van der Waals surface area contributed by atoms with E-state index in [1.807, 2.05) is 20.8 Å². The Bertz CT molecular complexity index is 735. The normalized spacial score (nSPS) is 16.3. The Kier molecular flexibility index (Phi) is 9.36. The van der Waals surface area contributed by atoms with E-state index in [4.69, 9.17) is 17.0 Å². The number of hydrogen-bond donors (Lipinski definition) is 3. The molecular formula is C22H34N4O3S. The predicted octanol–water partition coefficient (Wildman–Crippen LogP) is 2.31. The van der Waals surface area contributed by atoms with E-state index in [1.54, 1.807) is 31.4 Å². The van der Waals surface area contributed by atoms with Gasteiger partial charge in [-0.25, -0.2) is 0 Å². The van der Waals surface area contributed by atoms with Gasteiger partial charge in [0.15, 0.2) is 5.11 Å². The van der Waals surface area contributed by atoms with Crippen LogP contribution >= 0.6 is 12.2 Å². The summed E-state index contributed by atoms with van der Waals surface area (Å²) in [5.41, 5.74) is 0.474. The number of nitrogens with zero attached hydrogens (tertiary/aromatic N) is 1. The lowest BCUT2D eigenvalue weighted by Crippen LogP contribution is -2.55. The van der Waals surface area contributed by atoms with E-state index in [0.717, 1.165) is 44.0 Å². The fourth-order valence-electron chi connectivity index (χ4n) is 3.52. The maximum Gasteiger partial charge on any atom is 0.252 e. The fourth-order valence-corrected chi connectivity index (χ4v) is 3.85. The summed E-state index contributed by atoms with van der Waals surface area (Å²) < 4.78 is 5.21. The molecule has 1 aliphatic heterocycles. The van der Waals surface area contributed by atoms with Gasteiger partial charge in [0, 0.05) is 31.2 Å². The van der Waals surface area contributed by atoms with E-state index in [2.05, 4.69) is 20.9 Å². The molecule has 0 aromatic heterocycles. The van der Waals surface area contributed by atoms with Crippen LogP contribution in [0.1, 0.15) is 50.4 Å². The minimum absolute atomic E-state index is 0.0456. The molecular weight excluding hydrogens is 400 g/mol. The molecule has 8 heteroatoms. The van der Waals surface area contributed by atoms with Crippen molar-refractivity contribution < 1.29 is 14.3 Å². The summed E-state index contributed by atoms with van der Waals surface area (Å²) in [5, 5.41) is 9.93. The summed E-state index contributed by atoms with van der Waals surface area (Å²) in [5.74, 6) is 0.245. The molecule has 2 rings (SSSR count). The van der Waals surface area contributed by atoms with Crippen LogP contribution in [0.15, 0.2) is 24.3 Å². The fraction of sp³-hybridized carbons (Fsp3) is 0.591. The number of carbonyl (C=O) groups is 2. The van der Waals surface area contributed by atoms with Crippen molar-refractivity contribution in [3.05, 3.63) is 29.8 Å². The number of thiocarbonyl (C=S) groups is 1. The van der Waals surface area contributed by atoms with Gasteiger partial charge in [-0.1, -0.05) is 13.0 Å². The quantitative estimate of drug-likeness (QED) is 0.545. The van der Waals surface area contributed by atoms with Gasteiger partial charge in [0.25, 0.3) is 5.91 Å². The minimum Gasteiger partial charge on any atom is -0.497 e. The Morgan fingerprint density at radius 2 is 1.93 bits per heavy atom. The lowest BCUT2D eigenvalue weighted by Gasteiger charge is -2.37. The first-order valence-corrected chi connectivity index (χ1v) is 11.1. The van der Waals surface area contributed by atoms with Gasteiger partial charge in [-0.05, 0) is 69.4 Å². The van der Waals surface area contributed by atoms with Crippen LogP contribution in [0, 0.1) is 5.92 Å². The highest BCUT2D eigenvalue weighted by atomic mass is 32.1. The second kappa shape index (κ2) is 11.7. The summed E-state index contributed by atoms with van der Waals surface area (Å²) in [6.07, 6.45) is 2.39. The monoisotopic (exact) mass is 434 g/mol. The summed E-state index contributed by atoms with van der Waals surface area (Å²) in [6, 6.07) is 6.41. The van der Waals surface area contributed by atoms with Crippen molar-refractivity contribution in [3.63, 3.8) is 0 Å². The number of benzene rings is 1. The molecule has 0 saturated carbocycles. The van der Waals surface area contributed by atoms with Crippen LogP contribution in [-0.4, -0.2) is 60.7 Å². The van der Waals surface area contributed by atoms with Gasteiger partial charge in [-0.2, -0.15) is 0 Å². The summed E-state index contributed by atoms with van der Waals surface area (Å²) in [4.78, 5) is 28.0. The maximum absolute atomic E-state index is 13.0. The average Bonchev–Trinajstić information content (AvgIpc) is 2.77. The number of nitrogens with one attached hydrogen (secondary N) is 3. The Morgan fingerprint density at radius 1 is 1.23 bits per heavy atom. The van der Waals surface area contributed by atoms with Crippen molar-refractivity contribution >= 4 is 29.1 Å². The number of piperidine rings is 1. The maximum atomic E-state index is 13.0. The second-order valence-electron chi connectivity index (χ2n) is 7.66. The standard InChI is InChI=1S/C22H34N4O3S/c1-5-15(3)24-21(28)19(16-10-12-26(13-11-16)22(30)23-6-2)25-20(27)17-8-7-9-18(14-17)29-4/h7-9,14-16,19H,5-6,10-13H2,1-4H3,(H,23,30)(H,24,28)(H,25,27). The first-order valence-electron chi connectivity index (χ1n) is 10.7. The van der Waals surface area contributed by atoms with Crippen molar-refractivity contribution in [2.75, 3.05) is 26.7 Å². The van der Waals surface area contributed by atoms with Gasteiger partial charge in [0.05, 0.1) is 7.11 Å². The van der Waals surface area contributed by atoms with E-state index in [0.29, 0.717) is 11.3 Å². The largest absolute Gasteiger partial charge is 0.497 e. The highest BCUT2D eigenvalue weighted by Crippen LogP contribution is 2.22. The highest BCUT2D eigenvalue weighted by molar-refractivity contribution is 7.80. The molecule has 0 bridgehead atoms. The molecule has 30 heavy (non-hydrogen) atoms. The number of ether oxygens (including phenoxy) is 1. The summed E-state index contributed by atoms with van der Waals surface area (Å²) in [6.45, 7) is 8.32. The van der Waals surface area contributed by atoms with Crippen molar-refractivity contribution in [2.24, 2.45) is 5.92 Å². The summed E-state index contributed by atoms with van der Waals surface area (Å²) in [7, 11) is 1.56. The van der Waals surface area contributed by atoms with Crippen molar-refractivity contribution in [1.82, 2.24) is 20.9 Å². The highest BCUT2D eigenvalue weighted by Gasteiger charge is 2.33. The van der Waals surface area contributed by atoms with Crippen LogP contribution in [0.5, 0.6) is 5.75 Å². The Labute approximate surface area is 184 Å². The number of hydrogen-bond acceptors (Lipinski definition) is 4. The van der Waals surface area contributed by atoms with Crippen LogP contribution in [0.3, 0.4) is 0 Å². The summed E-state index contributed by atoms with van der Waals surface area (Å²) >= 11 is 5.41. The molecule has 2 amide bonds. The van der Waals surface area contributed by atoms with Crippen LogP contribution in [-0.2, 0) is 4.79 Å². The SMILES string of the molecule is CCNC(=S)N1CCC(C(NC(=O)c2cccc(OC)c2)C(=O)NC(C)CC)CC1. The van der Waals surface area contributed by atoms with Crippen LogP contribution in [0.4, 0.5) is 0 Å². The van der Waals surface area contributed by atoms with E-state index < -0.39 is 6.04 Å². The van der Waals surface area contributed by atoms with Gasteiger partial charge in [-0.3, -0.25) is 9.59 Å². The number of carbonyl (C=O) groups excluding carboxylic acids is 2. The lowest BCUT2D eigenvalue weighted by atomic mass is 9.88. The average molecular weight is 435 g/mol. The number of methoxy groups -OCH3 is 1. The van der Waals surface area contributed by atoms with E-state index in [1.165, 1.54) is 0 Å². The van der Waals surface area contributed by atoms with Crippen LogP contribution in [0.25, 0.3) is 0 Å². The second-order valence-corrected chi connectivity index (χ2v) is 8.05. The number of likely N-dealkylation sites (tertiary alicyclic amines) is 1. The Morgan fingerprint density at radius 3 is 2.53 bits per heavy atom. The zero-order valence-corrected chi connectivity index (χ0v) is 19.2. The molecule has 0 aliphatic carbocycles. The first-order chi connectivity index (χ1) is 14.4. The third-order valence-corrected chi connectivity index (χ3v) is 5.93. The topological polar surface area (TPSA) is 82.7 Å². The van der Waals surface area contributed by atoms with E-state index in [-0.39, 0.29) is 23.8 Å². The molecule has 0 radical (unpaired) electrons. The first kappa shape index (κ1) is 23.9. The van der Waals surface area contributed by atoms with Gasteiger partial charge in [0.2, 0.25) is 5.91 Å². The molecule has 1 fully saturated rings. The van der Waals surface area contributed by atoms with Gasteiger partial charge in [-0.15, -0.1) is 0 Å². The molecule has 1 aromatic rings. The molecule has 1 saturated heterocycles. The molecule has 0 spiro atoms. The predicted molar refractivity (Wildman–Crippen MR) is 123 cm³/mol. The molecule has 1 heterocycles. The molecule has 2 atom stereocenters. The Hall–Kier alpha value is -2.35. The third kappa shape index (κ3) is 6.58. The third-order valence-electron chi connectivity index (χ3n) is 5.53. The molecule has 1 aliphatic rings. The molecule has 7 nitrogen and oxygen atoms in total. The van der Waals surface area contributed by atoms with E-state index in [9.17, 15) is 9.59 Å². The van der Waals surface area contributed by atoms with Gasteiger partial charge in [0.1, 0.15) is 11.8 Å². The van der Waals surface area contributed by atoms with Crippen molar-refractivity contribution in [2.45, 2.75) is 52.1 Å². The van der Waals surface area contributed by atoms with E-state index >= 15 is 0 Å². The molecule has 3 N–H and O–H groups in total. The number of rotatable bonds is 8. The van der Waals surface area contributed by atoms with Crippen molar-refractivity contribution in [3.8, 4) is 5.75 Å². The minimum atomic E-state index is -0.590. The lowest BCUT2D eigenvalue weighted by molar-refractivity contribution is -0.125. The van der Waals surface area contributed by atoms with Crippen LogP contribution < -0.4 is 20.7 Å². The van der Waals surface area contributed by atoms with Gasteiger partial charge < -0.3 is 25.6 Å². The molecule has 1 aromatic carbocycles.